The molecule has 0 radical (unpaired) electrons. The molecule has 2 N–H and O–H groups in total. The lowest BCUT2D eigenvalue weighted by molar-refractivity contribution is -0.137. The van der Waals surface area contributed by atoms with Gasteiger partial charge in [0.1, 0.15) is 17.2 Å². The van der Waals surface area contributed by atoms with Gasteiger partial charge in [0.05, 0.1) is 18.5 Å². The van der Waals surface area contributed by atoms with Gasteiger partial charge >= 0.3 is 5.97 Å². The number of aryl methyl sites for hydroxylation is 1. The molecule has 2 aliphatic heterocycles. The van der Waals surface area contributed by atoms with E-state index >= 15 is 0 Å². The lowest BCUT2D eigenvalue weighted by Crippen LogP contribution is -2.48. The second-order valence-electron chi connectivity index (χ2n) is 15.4. The van der Waals surface area contributed by atoms with E-state index in [1.54, 1.807) is 36.2 Å². The number of aliphatic carboxylic acids is 1. The van der Waals surface area contributed by atoms with Crippen molar-refractivity contribution in [2.75, 3.05) is 25.1 Å². The Morgan fingerprint density at radius 3 is 2.47 bits per heavy atom. The minimum atomic E-state index is -0.774. The predicted octanol–water partition coefficient (Wildman–Crippen LogP) is 7.01. The molecule has 0 fully saturated rings. The molecular weight excluding hydrogens is 646 g/mol. The molecule has 5 rings (SSSR count). The van der Waals surface area contributed by atoms with E-state index < -0.39 is 12.1 Å². The van der Waals surface area contributed by atoms with Crippen LogP contribution >= 0.6 is 0 Å². The van der Waals surface area contributed by atoms with Gasteiger partial charge in [0.15, 0.2) is 11.9 Å². The number of fused-ring (bicyclic) bond motifs is 2. The maximum absolute atomic E-state index is 13.1. The number of carbonyl (C=O) groups excluding carboxylic acids is 1. The molecule has 0 spiro atoms. The third-order valence-electron chi connectivity index (χ3n) is 9.68. The van der Waals surface area contributed by atoms with Crippen molar-refractivity contribution >= 4 is 34.7 Å². The van der Waals surface area contributed by atoms with Crippen LogP contribution in [0.25, 0.3) is 0 Å². The highest BCUT2D eigenvalue weighted by molar-refractivity contribution is 6.50. The summed E-state index contributed by atoms with van der Waals surface area (Å²) in [5, 5.41) is 21.9. The third-order valence-corrected chi connectivity index (χ3v) is 9.68. The number of rotatable bonds is 13. The van der Waals surface area contributed by atoms with Crippen LogP contribution in [0, 0.1) is 12.3 Å². The summed E-state index contributed by atoms with van der Waals surface area (Å²) in [4.78, 5) is 38.5. The van der Waals surface area contributed by atoms with Crippen LogP contribution in [0.3, 0.4) is 0 Å². The molecule has 274 valence electrons. The molecule has 1 amide bonds. The van der Waals surface area contributed by atoms with Crippen molar-refractivity contribution in [3.8, 4) is 11.5 Å². The third kappa shape index (κ3) is 8.26. The van der Waals surface area contributed by atoms with Crippen LogP contribution in [-0.4, -0.2) is 75.1 Å². The summed E-state index contributed by atoms with van der Waals surface area (Å²) in [7, 11) is 1.60. The molecule has 0 bridgehead atoms. The number of carboxylic acids is 1. The largest absolute Gasteiger partial charge is 0.497 e. The first-order valence-corrected chi connectivity index (χ1v) is 17.9. The van der Waals surface area contributed by atoms with Crippen molar-refractivity contribution < 1.29 is 24.2 Å². The Hall–Kier alpha value is -4.74. The summed E-state index contributed by atoms with van der Waals surface area (Å²) >= 11 is 0. The molecule has 12 nitrogen and oxygen atoms in total. The minimum absolute atomic E-state index is 0.105. The highest BCUT2D eigenvalue weighted by Gasteiger charge is 2.38. The van der Waals surface area contributed by atoms with E-state index in [-0.39, 0.29) is 29.2 Å². The fraction of sp³-hybridized carbons (Fsp3) is 0.538. The summed E-state index contributed by atoms with van der Waals surface area (Å²) in [5.74, 6) is 1.57. The van der Waals surface area contributed by atoms with E-state index in [4.69, 9.17) is 29.7 Å². The molecular formula is C39H53N7O5. The van der Waals surface area contributed by atoms with Gasteiger partial charge in [-0.05, 0) is 93.5 Å². The predicted molar refractivity (Wildman–Crippen MR) is 200 cm³/mol. The normalized spacial score (nSPS) is 18.5. The lowest BCUT2D eigenvalue weighted by atomic mass is 9.79. The first kappa shape index (κ1) is 37.5. The van der Waals surface area contributed by atoms with Gasteiger partial charge in [-0.25, -0.2) is 9.98 Å². The van der Waals surface area contributed by atoms with Gasteiger partial charge in [-0.2, -0.15) is 5.10 Å². The van der Waals surface area contributed by atoms with Gasteiger partial charge in [0, 0.05) is 42.1 Å². The van der Waals surface area contributed by atoms with Crippen molar-refractivity contribution in [1.82, 2.24) is 20.2 Å². The zero-order chi connectivity index (χ0) is 37.2. The number of amides is 1. The Morgan fingerprint density at radius 2 is 1.84 bits per heavy atom. The van der Waals surface area contributed by atoms with Gasteiger partial charge in [-0.3, -0.25) is 9.59 Å². The van der Waals surface area contributed by atoms with E-state index in [9.17, 15) is 14.7 Å². The number of carbonyl (C=O) groups is 2. The van der Waals surface area contributed by atoms with Gasteiger partial charge in [-0.15, -0.1) is 9.89 Å². The summed E-state index contributed by atoms with van der Waals surface area (Å²) in [6, 6.07) is 11.5. The van der Waals surface area contributed by atoms with Crippen LogP contribution < -0.4 is 19.7 Å². The van der Waals surface area contributed by atoms with Gasteiger partial charge in [0.25, 0.3) is 5.91 Å². The molecule has 2 aromatic carbocycles. The highest BCUT2D eigenvalue weighted by Crippen LogP contribution is 2.46. The number of nitrogens with one attached hydrogen (secondary N) is 1. The summed E-state index contributed by atoms with van der Waals surface area (Å²) in [5.41, 5.74) is 5.26. The van der Waals surface area contributed by atoms with Gasteiger partial charge in [-0.1, -0.05) is 41.5 Å². The van der Waals surface area contributed by atoms with Crippen molar-refractivity contribution in [3.63, 3.8) is 0 Å². The lowest BCUT2D eigenvalue weighted by Gasteiger charge is -2.48. The quantitative estimate of drug-likeness (QED) is 0.194. The molecule has 2 aliphatic rings. The first-order valence-electron chi connectivity index (χ1n) is 17.9. The van der Waals surface area contributed by atoms with E-state index in [1.165, 1.54) is 5.56 Å². The second kappa shape index (κ2) is 14.9. The van der Waals surface area contributed by atoms with Crippen molar-refractivity contribution in [1.29, 1.82) is 0 Å². The van der Waals surface area contributed by atoms with Crippen LogP contribution in [-0.2, 0) is 9.59 Å². The maximum Gasteiger partial charge on any atom is 0.303 e. The van der Waals surface area contributed by atoms with Gasteiger partial charge < -0.3 is 24.8 Å². The SMILES string of the molecule is CCC(Oc1ccc(OC)cc1)C(=O)NCC(C)c1nc2n(n1)N=C(C(C)(C)C)C2=Nc1cc2c(cc1C)N(CCCC(=O)O)C(C)(C)CC2C. The van der Waals surface area contributed by atoms with Crippen LogP contribution in [0.1, 0.15) is 116 Å². The standard InChI is InChI=1S/C39H53N7O5/c1-11-31(51-27-16-14-26(50-10)15-17-27)37(49)40-22-25(4)35-42-36-33(34(38(5,6)7)43-46(36)44-35)41-29-20-28-24(3)21-39(8,9)45(18-12-13-32(47)48)30(28)19-23(29)2/h14-17,19-20,24-25,31H,11-13,18,21-22H2,1-10H3,(H,40,49)(H,47,48). The molecule has 0 aliphatic carbocycles. The van der Waals surface area contributed by atoms with E-state index in [2.05, 4.69) is 70.8 Å². The highest BCUT2D eigenvalue weighted by atomic mass is 16.5. The van der Waals surface area contributed by atoms with Crippen LogP contribution in [0.4, 0.5) is 11.4 Å². The zero-order valence-corrected chi connectivity index (χ0v) is 31.7. The van der Waals surface area contributed by atoms with Crippen molar-refractivity contribution in [2.24, 2.45) is 15.5 Å². The Morgan fingerprint density at radius 1 is 1.16 bits per heavy atom. The topological polar surface area (TPSA) is 144 Å². The summed E-state index contributed by atoms with van der Waals surface area (Å²) < 4.78 is 11.2. The zero-order valence-electron chi connectivity index (χ0n) is 31.7. The smallest absolute Gasteiger partial charge is 0.303 e. The number of methoxy groups -OCH3 is 1. The number of ether oxygens (including phenoxy) is 2. The summed E-state index contributed by atoms with van der Waals surface area (Å²) in [6.07, 6.45) is 1.53. The second-order valence-corrected chi connectivity index (χ2v) is 15.4. The molecule has 0 saturated carbocycles. The average Bonchev–Trinajstić information content (AvgIpc) is 3.64. The molecule has 51 heavy (non-hydrogen) atoms. The first-order chi connectivity index (χ1) is 24.0. The molecule has 3 atom stereocenters. The van der Waals surface area contributed by atoms with E-state index in [0.717, 1.165) is 34.8 Å². The number of nitrogens with zero attached hydrogens (tertiary/aromatic N) is 6. The molecule has 12 heteroatoms. The molecule has 0 saturated heterocycles. The molecule has 1 aromatic heterocycles. The number of aliphatic imine (C=N–C) groups is 1. The van der Waals surface area contributed by atoms with Crippen LogP contribution in [0.15, 0.2) is 46.5 Å². The minimum Gasteiger partial charge on any atom is -0.497 e. The fourth-order valence-corrected chi connectivity index (χ4v) is 6.88. The number of carboxylic acid groups (broad SMARTS) is 1. The Kier molecular flexibility index (Phi) is 10.9. The monoisotopic (exact) mass is 699 g/mol. The van der Waals surface area contributed by atoms with Crippen LogP contribution in [0.5, 0.6) is 11.5 Å². The fourth-order valence-electron chi connectivity index (χ4n) is 6.88. The Balaban J connectivity index is 1.38. The molecule has 3 heterocycles. The number of anilines is 1. The van der Waals surface area contributed by atoms with Crippen molar-refractivity contribution in [3.05, 3.63) is 59.2 Å². The average molecular weight is 700 g/mol. The summed E-state index contributed by atoms with van der Waals surface area (Å²) in [6.45, 7) is 20.0. The molecule has 3 aromatic rings. The number of hydrogen-bond acceptors (Lipinski definition) is 9. The number of aromatic nitrogens is 3. The Labute approximate surface area is 301 Å². The van der Waals surface area contributed by atoms with Gasteiger partial charge in [0.2, 0.25) is 5.82 Å². The van der Waals surface area contributed by atoms with E-state index in [1.807, 2.05) is 13.8 Å². The maximum atomic E-state index is 13.1. The van der Waals surface area contributed by atoms with Crippen molar-refractivity contribution in [2.45, 2.75) is 111 Å². The molecule has 3 unspecified atom stereocenters. The van der Waals surface area contributed by atoms with E-state index in [0.29, 0.717) is 55.0 Å². The van der Waals surface area contributed by atoms with Crippen LogP contribution in [0.2, 0.25) is 0 Å². The number of benzene rings is 2. The number of hydrogen-bond donors (Lipinski definition) is 2. The Bertz CT molecular complexity index is 1820.